The molecule has 0 radical (unpaired) electrons. The molecule has 0 amide bonds. The molecular formula is C28H24O9S2. The Morgan fingerprint density at radius 2 is 1.44 bits per heavy atom. The second kappa shape index (κ2) is 12.4. The lowest BCUT2D eigenvalue weighted by Gasteiger charge is -2.12. The molecule has 0 fully saturated rings. The Morgan fingerprint density at radius 3 is 2.03 bits per heavy atom. The molecule has 0 spiro atoms. The third-order valence-corrected chi connectivity index (χ3v) is 7.43. The Morgan fingerprint density at radius 1 is 0.846 bits per heavy atom. The van der Waals surface area contributed by atoms with E-state index in [-0.39, 0.29) is 16.9 Å². The molecule has 4 rings (SSSR count). The number of methoxy groups -OCH3 is 1. The predicted octanol–water partition coefficient (Wildman–Crippen LogP) is 6.29. The second-order valence-electron chi connectivity index (χ2n) is 8.44. The van der Waals surface area contributed by atoms with Crippen molar-refractivity contribution in [2.24, 2.45) is 0 Å². The van der Waals surface area contributed by atoms with Gasteiger partial charge in [-0.15, -0.1) is 4.33 Å². The van der Waals surface area contributed by atoms with Crippen molar-refractivity contribution in [2.75, 3.05) is 7.11 Å². The quantitative estimate of drug-likeness (QED) is 0.0700. The number of benzene rings is 4. The first kappa shape index (κ1) is 28.3. The first-order chi connectivity index (χ1) is 18.7. The van der Waals surface area contributed by atoms with Gasteiger partial charge in [0.05, 0.1) is 19.2 Å². The lowest BCUT2D eigenvalue weighted by atomic mass is 10.0. The van der Waals surface area contributed by atoms with Crippen molar-refractivity contribution >= 4 is 27.9 Å². The number of rotatable bonds is 11. The van der Waals surface area contributed by atoms with Crippen molar-refractivity contribution in [2.45, 2.75) is 23.1 Å². The fraction of sp³-hybridized carbons (Fsp3) is 0.107. The third kappa shape index (κ3) is 7.24. The predicted molar refractivity (Wildman–Crippen MR) is 144 cm³/mol. The summed E-state index contributed by atoms with van der Waals surface area (Å²) in [6.45, 7) is 1.77. The van der Waals surface area contributed by atoms with E-state index in [9.17, 15) is 17.8 Å². The van der Waals surface area contributed by atoms with Gasteiger partial charge in [-0.3, -0.25) is 9.35 Å². The van der Waals surface area contributed by atoms with Crippen LogP contribution in [-0.2, 0) is 25.9 Å². The van der Waals surface area contributed by atoms with Crippen molar-refractivity contribution < 1.29 is 41.9 Å². The van der Waals surface area contributed by atoms with E-state index in [1.54, 1.807) is 38.3 Å². The van der Waals surface area contributed by atoms with Crippen LogP contribution in [0, 0.1) is 6.92 Å². The van der Waals surface area contributed by atoms with Crippen LogP contribution in [0.4, 0.5) is 0 Å². The molecule has 202 valence electrons. The first-order valence-electron chi connectivity index (χ1n) is 11.5. The molecule has 0 aliphatic carbocycles. The zero-order valence-electron chi connectivity index (χ0n) is 20.9. The molecule has 0 heterocycles. The van der Waals surface area contributed by atoms with Crippen LogP contribution in [0.3, 0.4) is 0 Å². The molecule has 4 aromatic rings. The molecule has 4 aromatic carbocycles. The smallest absolute Gasteiger partial charge is 0.298 e. The summed E-state index contributed by atoms with van der Waals surface area (Å²) < 4.78 is 49.6. The summed E-state index contributed by atoms with van der Waals surface area (Å²) in [5.74, 6) is 0.491. The largest absolute Gasteiger partial charge is 0.497 e. The number of aryl methyl sites for hydroxylation is 1. The van der Waals surface area contributed by atoms with Crippen LogP contribution in [0.25, 0.3) is 0 Å². The standard InChI is InChI=1S/C28H24O9S2/c1-18-3-8-21(16-26(18)38-37-36-30)28(29)22-9-14-25(27(17-22)39(31,32)33)35-24-12-6-20(7-13-24)15-19-4-10-23(34-2)11-5-19/h3-14,16-17,30H,15H2,1-2H3,(H,31,32,33). The Bertz CT molecular complexity index is 1570. The number of carbonyl (C=O) groups is 1. The van der Waals surface area contributed by atoms with Crippen molar-refractivity contribution in [1.29, 1.82) is 0 Å². The van der Waals surface area contributed by atoms with E-state index in [2.05, 4.69) is 9.37 Å². The first-order valence-corrected chi connectivity index (χ1v) is 13.7. The van der Waals surface area contributed by atoms with Gasteiger partial charge in [0.1, 0.15) is 22.1 Å². The van der Waals surface area contributed by atoms with Gasteiger partial charge in [-0.2, -0.15) is 8.42 Å². The van der Waals surface area contributed by atoms with E-state index < -0.39 is 20.8 Å². The summed E-state index contributed by atoms with van der Waals surface area (Å²) in [5, 5.41) is 12.0. The maximum absolute atomic E-state index is 13.1. The molecule has 0 aliphatic heterocycles. The molecule has 11 heteroatoms. The normalized spacial score (nSPS) is 11.3. The molecule has 39 heavy (non-hydrogen) atoms. The van der Waals surface area contributed by atoms with Gasteiger partial charge >= 0.3 is 0 Å². The summed E-state index contributed by atoms with van der Waals surface area (Å²) >= 11 is 0.702. The van der Waals surface area contributed by atoms with E-state index in [0.29, 0.717) is 29.1 Å². The number of ether oxygens (including phenoxy) is 2. The van der Waals surface area contributed by atoms with E-state index in [4.69, 9.17) is 14.7 Å². The lowest BCUT2D eigenvalue weighted by Crippen LogP contribution is -2.07. The highest BCUT2D eigenvalue weighted by atomic mass is 32.2. The number of ketones is 1. The summed E-state index contributed by atoms with van der Waals surface area (Å²) in [4.78, 5) is 13.1. The van der Waals surface area contributed by atoms with E-state index in [0.717, 1.165) is 28.5 Å². The summed E-state index contributed by atoms with van der Waals surface area (Å²) in [7, 11) is -3.12. The fourth-order valence-corrected chi connectivity index (χ4v) is 4.88. The Kier molecular flexibility index (Phi) is 9.02. The van der Waals surface area contributed by atoms with Gasteiger partial charge in [-0.25, -0.2) is 5.26 Å². The molecule has 9 nitrogen and oxygen atoms in total. The van der Waals surface area contributed by atoms with Gasteiger partial charge in [-0.1, -0.05) is 41.4 Å². The molecule has 0 unspecified atom stereocenters. The fourth-order valence-electron chi connectivity index (χ4n) is 3.77. The average Bonchev–Trinajstić information content (AvgIpc) is 2.93. The van der Waals surface area contributed by atoms with Crippen LogP contribution in [0.1, 0.15) is 32.6 Å². The minimum atomic E-state index is -4.73. The average molecular weight is 569 g/mol. The van der Waals surface area contributed by atoms with Gasteiger partial charge < -0.3 is 9.47 Å². The minimum absolute atomic E-state index is 0.0175. The lowest BCUT2D eigenvalue weighted by molar-refractivity contribution is -0.432. The number of carbonyl (C=O) groups excluding carboxylic acids is 1. The molecular weight excluding hydrogens is 544 g/mol. The van der Waals surface area contributed by atoms with E-state index >= 15 is 0 Å². The minimum Gasteiger partial charge on any atom is -0.497 e. The summed E-state index contributed by atoms with van der Waals surface area (Å²) in [6.07, 6.45) is 0.676. The molecule has 0 aliphatic rings. The Balaban J connectivity index is 1.55. The molecule has 0 atom stereocenters. The van der Waals surface area contributed by atoms with Crippen LogP contribution in [0.5, 0.6) is 17.2 Å². The monoisotopic (exact) mass is 568 g/mol. The van der Waals surface area contributed by atoms with Crippen LogP contribution in [-0.4, -0.2) is 31.1 Å². The van der Waals surface area contributed by atoms with E-state index in [1.165, 1.54) is 18.2 Å². The number of hydrogen-bond donors (Lipinski definition) is 2. The van der Waals surface area contributed by atoms with E-state index in [1.807, 2.05) is 36.4 Å². The van der Waals surface area contributed by atoms with Crippen LogP contribution in [0.2, 0.25) is 0 Å². The highest BCUT2D eigenvalue weighted by molar-refractivity contribution is 7.94. The van der Waals surface area contributed by atoms with Gasteiger partial charge in [0.15, 0.2) is 5.78 Å². The Labute approximate surface area is 229 Å². The Hall–Kier alpha value is -3.71. The molecule has 0 bridgehead atoms. The third-order valence-electron chi connectivity index (χ3n) is 5.81. The van der Waals surface area contributed by atoms with Crippen molar-refractivity contribution in [3.8, 4) is 17.2 Å². The van der Waals surface area contributed by atoms with Gasteiger partial charge in [0.2, 0.25) is 0 Å². The summed E-state index contributed by atoms with van der Waals surface area (Å²) in [5.41, 5.74) is 3.10. The van der Waals surface area contributed by atoms with Crippen molar-refractivity contribution in [1.82, 2.24) is 0 Å². The van der Waals surface area contributed by atoms with Crippen molar-refractivity contribution in [3.05, 3.63) is 113 Å². The second-order valence-corrected chi connectivity index (χ2v) is 10.6. The topological polar surface area (TPSA) is 129 Å². The van der Waals surface area contributed by atoms with Crippen LogP contribution < -0.4 is 9.47 Å². The SMILES string of the molecule is COc1ccc(Cc2ccc(Oc3ccc(C(=O)c4ccc(C)c(SOOO)c4)cc3S(=O)(=O)O)cc2)cc1. The maximum atomic E-state index is 13.1. The highest BCUT2D eigenvalue weighted by Crippen LogP contribution is 2.32. The van der Waals surface area contributed by atoms with Crippen LogP contribution >= 0.6 is 12.0 Å². The van der Waals surface area contributed by atoms with Crippen LogP contribution in [0.15, 0.2) is 94.7 Å². The highest BCUT2D eigenvalue weighted by Gasteiger charge is 2.21. The molecule has 0 aromatic heterocycles. The van der Waals surface area contributed by atoms with Crippen molar-refractivity contribution in [3.63, 3.8) is 0 Å². The van der Waals surface area contributed by atoms with Gasteiger partial charge in [0, 0.05) is 16.0 Å². The maximum Gasteiger partial charge on any atom is 0.298 e. The summed E-state index contributed by atoms with van der Waals surface area (Å²) in [6, 6.07) is 23.3. The molecule has 2 N–H and O–H groups in total. The van der Waals surface area contributed by atoms with Gasteiger partial charge in [0.25, 0.3) is 10.1 Å². The van der Waals surface area contributed by atoms with Gasteiger partial charge in [-0.05, 0) is 78.6 Å². The zero-order chi connectivity index (χ0) is 28.0. The zero-order valence-corrected chi connectivity index (χ0v) is 22.5. The molecule has 0 saturated heterocycles. The molecule has 0 saturated carbocycles. The number of hydrogen-bond acceptors (Lipinski definition) is 9.